The maximum absolute atomic E-state index is 12.6. The van der Waals surface area contributed by atoms with Crippen LogP contribution >= 0.6 is 24.8 Å². The maximum Gasteiger partial charge on any atom is 0.401 e. The minimum atomic E-state index is -4.16. The Bertz CT molecular complexity index is 413. The Kier molecular flexibility index (Phi) is 10.7. The lowest BCUT2D eigenvalue weighted by molar-refractivity contribution is -0.147. The Labute approximate surface area is 160 Å². The van der Waals surface area contributed by atoms with Crippen LogP contribution < -0.4 is 5.73 Å². The maximum atomic E-state index is 12.6. The van der Waals surface area contributed by atoms with Gasteiger partial charge in [-0.2, -0.15) is 13.2 Å². The van der Waals surface area contributed by atoms with Crippen LogP contribution in [0.15, 0.2) is 0 Å². The number of halogens is 5. The molecule has 0 aromatic heterocycles. The van der Waals surface area contributed by atoms with E-state index < -0.39 is 12.7 Å². The molecule has 1 saturated carbocycles. The summed E-state index contributed by atoms with van der Waals surface area (Å²) >= 11 is 0. The highest BCUT2D eigenvalue weighted by molar-refractivity contribution is 5.85. The third-order valence-electron chi connectivity index (χ3n) is 5.24. The van der Waals surface area contributed by atoms with Crippen molar-refractivity contribution in [2.24, 2.45) is 23.5 Å². The lowest BCUT2D eigenvalue weighted by Crippen LogP contribution is -2.40. The van der Waals surface area contributed by atoms with Crippen LogP contribution in [0, 0.1) is 17.8 Å². The Hall–Kier alpha value is -0.240. The van der Waals surface area contributed by atoms with E-state index in [4.69, 9.17) is 5.73 Å². The largest absolute Gasteiger partial charge is 0.401 e. The monoisotopic (exact) mass is 407 g/mol. The number of hydrogen-bond donors (Lipinski definition) is 1. The summed E-state index contributed by atoms with van der Waals surface area (Å²) in [6, 6.07) is 0. The van der Waals surface area contributed by atoms with Gasteiger partial charge in [0.1, 0.15) is 0 Å². The third-order valence-corrected chi connectivity index (χ3v) is 5.24. The number of amides is 1. The predicted octanol–water partition coefficient (Wildman–Crippen LogP) is 2.94. The molecular weight excluding hydrogens is 378 g/mol. The van der Waals surface area contributed by atoms with Gasteiger partial charge in [0, 0.05) is 25.6 Å². The summed E-state index contributed by atoms with van der Waals surface area (Å²) in [5, 5.41) is 0. The second kappa shape index (κ2) is 10.8. The molecular formula is C16H30Cl2F3N3O. The van der Waals surface area contributed by atoms with Gasteiger partial charge in [0.05, 0.1) is 6.54 Å². The van der Waals surface area contributed by atoms with Gasteiger partial charge in [0.15, 0.2) is 0 Å². The van der Waals surface area contributed by atoms with E-state index >= 15 is 0 Å². The molecule has 1 aliphatic carbocycles. The highest BCUT2D eigenvalue weighted by Gasteiger charge is 2.38. The van der Waals surface area contributed by atoms with Crippen LogP contribution in [0.25, 0.3) is 0 Å². The third kappa shape index (κ3) is 7.12. The average molecular weight is 408 g/mol. The Morgan fingerprint density at radius 1 is 1.24 bits per heavy atom. The zero-order valence-corrected chi connectivity index (χ0v) is 16.3. The van der Waals surface area contributed by atoms with Crippen LogP contribution in [-0.2, 0) is 4.79 Å². The Morgan fingerprint density at radius 2 is 1.92 bits per heavy atom. The Balaban J connectivity index is 0.00000288. The van der Waals surface area contributed by atoms with Crippen LogP contribution in [-0.4, -0.2) is 61.2 Å². The molecule has 0 radical (unpaired) electrons. The topological polar surface area (TPSA) is 49.6 Å². The van der Waals surface area contributed by atoms with Crippen molar-refractivity contribution >= 4 is 30.7 Å². The average Bonchev–Trinajstić information content (AvgIpc) is 3.13. The molecule has 150 valence electrons. The van der Waals surface area contributed by atoms with Gasteiger partial charge >= 0.3 is 6.18 Å². The highest BCUT2D eigenvalue weighted by Crippen LogP contribution is 2.33. The van der Waals surface area contributed by atoms with E-state index in [1.54, 1.807) is 6.92 Å². The van der Waals surface area contributed by atoms with E-state index in [1.807, 2.05) is 4.90 Å². The molecule has 0 spiro atoms. The number of carbonyl (C=O) groups is 1. The summed E-state index contributed by atoms with van der Waals surface area (Å²) < 4.78 is 37.6. The lowest BCUT2D eigenvalue weighted by atomic mass is 9.95. The number of alkyl halides is 3. The van der Waals surface area contributed by atoms with Crippen molar-refractivity contribution in [3.8, 4) is 0 Å². The van der Waals surface area contributed by atoms with Crippen molar-refractivity contribution in [1.29, 1.82) is 0 Å². The number of rotatable bonds is 6. The van der Waals surface area contributed by atoms with Gasteiger partial charge in [-0.05, 0) is 44.2 Å². The standard InChI is InChI=1S/C16H28F3N3O.2ClH/c1-2-21(11-16(17,18)19)9-12-6-7-22(10-12)15(23)14-5-3-4-13(14)8-20;;/h12-14H,2-11,20H2,1H3;2*1H/t12?,13-,14-;;/m1../s1. The molecule has 4 nitrogen and oxygen atoms in total. The zero-order valence-electron chi connectivity index (χ0n) is 14.6. The van der Waals surface area contributed by atoms with E-state index in [0.717, 1.165) is 25.7 Å². The highest BCUT2D eigenvalue weighted by atomic mass is 35.5. The van der Waals surface area contributed by atoms with Crippen molar-refractivity contribution in [2.75, 3.05) is 39.3 Å². The number of hydrogen-bond acceptors (Lipinski definition) is 3. The SMILES string of the molecule is CCN(CC1CCN(C(=O)[C@@H]2CCC[C@@H]2CN)C1)CC(F)(F)F.Cl.Cl. The molecule has 1 amide bonds. The van der Waals surface area contributed by atoms with Crippen LogP contribution in [0.1, 0.15) is 32.6 Å². The number of likely N-dealkylation sites (tertiary alicyclic amines) is 1. The van der Waals surface area contributed by atoms with Gasteiger partial charge in [-0.1, -0.05) is 13.3 Å². The van der Waals surface area contributed by atoms with Gasteiger partial charge in [0.2, 0.25) is 5.91 Å². The first-order valence-electron chi connectivity index (χ1n) is 8.62. The normalized spacial score (nSPS) is 26.5. The fourth-order valence-corrected chi connectivity index (χ4v) is 3.98. The number of nitrogens with zero attached hydrogens (tertiary/aromatic N) is 2. The van der Waals surface area contributed by atoms with Crippen molar-refractivity contribution < 1.29 is 18.0 Å². The fourth-order valence-electron chi connectivity index (χ4n) is 3.98. The molecule has 25 heavy (non-hydrogen) atoms. The molecule has 2 aliphatic rings. The summed E-state index contributed by atoms with van der Waals surface area (Å²) in [5.41, 5.74) is 5.75. The smallest absolute Gasteiger partial charge is 0.342 e. The first-order valence-corrected chi connectivity index (χ1v) is 8.62. The minimum absolute atomic E-state index is 0. The minimum Gasteiger partial charge on any atom is -0.342 e. The molecule has 1 unspecified atom stereocenters. The Morgan fingerprint density at radius 3 is 2.48 bits per heavy atom. The molecule has 1 saturated heterocycles. The summed E-state index contributed by atoms with van der Waals surface area (Å²) in [5.74, 6) is 0.605. The van der Waals surface area contributed by atoms with E-state index in [1.165, 1.54) is 4.90 Å². The van der Waals surface area contributed by atoms with E-state index in [9.17, 15) is 18.0 Å². The van der Waals surface area contributed by atoms with Crippen molar-refractivity contribution in [3.63, 3.8) is 0 Å². The zero-order chi connectivity index (χ0) is 17.0. The summed E-state index contributed by atoms with van der Waals surface area (Å²) in [6.45, 7) is 3.46. The molecule has 2 fully saturated rings. The fraction of sp³-hybridized carbons (Fsp3) is 0.938. The predicted molar refractivity (Wildman–Crippen MR) is 97.2 cm³/mol. The molecule has 1 aliphatic heterocycles. The first kappa shape index (κ1) is 24.8. The number of carbonyl (C=O) groups excluding carboxylic acids is 1. The van der Waals surface area contributed by atoms with E-state index in [2.05, 4.69) is 0 Å². The molecule has 0 bridgehead atoms. The van der Waals surface area contributed by atoms with E-state index in [0.29, 0.717) is 32.7 Å². The molecule has 9 heteroatoms. The van der Waals surface area contributed by atoms with Crippen LogP contribution in [0.2, 0.25) is 0 Å². The molecule has 1 heterocycles. The summed E-state index contributed by atoms with van der Waals surface area (Å²) in [6.07, 6.45) is -0.413. The first-order chi connectivity index (χ1) is 10.8. The van der Waals surface area contributed by atoms with Gasteiger partial charge in [-0.15, -0.1) is 24.8 Å². The quantitative estimate of drug-likeness (QED) is 0.736. The summed E-state index contributed by atoms with van der Waals surface area (Å²) in [7, 11) is 0. The molecule has 0 aromatic carbocycles. The van der Waals surface area contributed by atoms with Crippen molar-refractivity contribution in [1.82, 2.24) is 9.80 Å². The summed E-state index contributed by atoms with van der Waals surface area (Å²) in [4.78, 5) is 15.9. The van der Waals surface area contributed by atoms with Gasteiger partial charge < -0.3 is 10.6 Å². The molecule has 2 N–H and O–H groups in total. The molecule has 3 atom stereocenters. The second-order valence-electron chi connectivity index (χ2n) is 6.92. The molecule has 2 rings (SSSR count). The second-order valence-corrected chi connectivity index (χ2v) is 6.92. The number of nitrogens with two attached hydrogens (primary N) is 1. The molecule has 0 aromatic rings. The van der Waals surface area contributed by atoms with Crippen LogP contribution in [0.3, 0.4) is 0 Å². The van der Waals surface area contributed by atoms with Crippen molar-refractivity contribution in [2.45, 2.75) is 38.8 Å². The van der Waals surface area contributed by atoms with E-state index in [-0.39, 0.29) is 48.5 Å². The van der Waals surface area contributed by atoms with Crippen molar-refractivity contribution in [3.05, 3.63) is 0 Å². The van der Waals surface area contributed by atoms with Gasteiger partial charge in [-0.3, -0.25) is 9.69 Å². The van der Waals surface area contributed by atoms with Crippen LogP contribution in [0.4, 0.5) is 13.2 Å². The van der Waals surface area contributed by atoms with Crippen LogP contribution in [0.5, 0.6) is 0 Å². The lowest BCUT2D eigenvalue weighted by Gasteiger charge is -2.26. The van der Waals surface area contributed by atoms with Gasteiger partial charge in [0.25, 0.3) is 0 Å². The van der Waals surface area contributed by atoms with Gasteiger partial charge in [-0.25, -0.2) is 0 Å².